The van der Waals surface area contributed by atoms with Crippen molar-refractivity contribution in [2.24, 2.45) is 23.2 Å². The molecule has 0 radical (unpaired) electrons. The zero-order valence-corrected chi connectivity index (χ0v) is 22.6. The minimum Gasteiger partial charge on any atom is -0.355 e. The van der Waals surface area contributed by atoms with Crippen LogP contribution in [0.25, 0.3) is 0 Å². The number of allylic oxidation sites excluding steroid dienone is 4. The van der Waals surface area contributed by atoms with E-state index < -0.39 is 0 Å². The molecule has 2 amide bonds. The highest BCUT2D eigenvalue weighted by atomic mass is 19.1. The summed E-state index contributed by atoms with van der Waals surface area (Å²) in [5.41, 5.74) is 2.44. The molecule has 3 aliphatic carbocycles. The van der Waals surface area contributed by atoms with Crippen molar-refractivity contribution in [2.75, 3.05) is 26.2 Å². The molecule has 2 saturated carbocycles. The van der Waals surface area contributed by atoms with Crippen LogP contribution < -0.4 is 10.6 Å². The van der Waals surface area contributed by atoms with Gasteiger partial charge in [-0.15, -0.1) is 0 Å². The highest BCUT2D eigenvalue weighted by molar-refractivity contribution is 5.85. The van der Waals surface area contributed by atoms with Crippen molar-refractivity contribution >= 4 is 11.8 Å². The van der Waals surface area contributed by atoms with Crippen molar-refractivity contribution in [1.82, 2.24) is 15.5 Å². The lowest BCUT2D eigenvalue weighted by molar-refractivity contribution is -0.132. The molecule has 6 rings (SSSR count). The predicted octanol–water partition coefficient (Wildman–Crippen LogP) is 5.21. The number of likely N-dealkylation sites (tertiary alicyclic amines) is 1. The molecule has 4 fully saturated rings. The largest absolute Gasteiger partial charge is 0.355 e. The van der Waals surface area contributed by atoms with Crippen LogP contribution in [0.1, 0.15) is 81.3 Å². The zero-order valence-electron chi connectivity index (χ0n) is 22.6. The Morgan fingerprint density at radius 3 is 2.71 bits per heavy atom. The summed E-state index contributed by atoms with van der Waals surface area (Å²) in [7, 11) is 0. The third-order valence-corrected chi connectivity index (χ3v) is 10.2. The van der Waals surface area contributed by atoms with Gasteiger partial charge in [-0.25, -0.2) is 4.39 Å². The zero-order chi connectivity index (χ0) is 26.3. The number of carbonyl (C=O) groups excluding carboxylic acids is 2. The smallest absolute Gasteiger partial charge is 0.226 e. The third-order valence-electron chi connectivity index (χ3n) is 10.2. The predicted molar refractivity (Wildman–Crippen MR) is 147 cm³/mol. The highest BCUT2D eigenvalue weighted by Gasteiger charge is 2.53. The summed E-state index contributed by atoms with van der Waals surface area (Å²) in [4.78, 5) is 28.4. The van der Waals surface area contributed by atoms with Crippen LogP contribution in [0.3, 0.4) is 0 Å². The number of hydrogen-bond donors (Lipinski definition) is 2. The molecule has 38 heavy (non-hydrogen) atoms. The van der Waals surface area contributed by atoms with Gasteiger partial charge in [0.25, 0.3) is 0 Å². The molecular weight excluding hydrogens is 477 g/mol. The lowest BCUT2D eigenvalue weighted by Gasteiger charge is -2.43. The van der Waals surface area contributed by atoms with Gasteiger partial charge in [-0.2, -0.15) is 0 Å². The molecule has 1 aromatic rings. The van der Waals surface area contributed by atoms with E-state index in [-0.39, 0.29) is 46.9 Å². The fourth-order valence-electron chi connectivity index (χ4n) is 7.88. The number of nitrogens with one attached hydrogen (secondary N) is 2. The number of halogens is 1. The minimum atomic E-state index is -0.353. The van der Waals surface area contributed by atoms with Gasteiger partial charge in [-0.1, -0.05) is 43.2 Å². The van der Waals surface area contributed by atoms with Crippen molar-refractivity contribution in [2.45, 2.75) is 76.2 Å². The van der Waals surface area contributed by atoms with E-state index in [1.807, 2.05) is 6.08 Å². The average Bonchev–Trinajstić information content (AvgIpc) is 3.42. The second kappa shape index (κ2) is 10.6. The van der Waals surface area contributed by atoms with E-state index in [0.29, 0.717) is 24.8 Å². The Hall–Kier alpha value is -2.47. The number of piperidine rings is 1. The van der Waals surface area contributed by atoms with E-state index in [4.69, 9.17) is 0 Å². The van der Waals surface area contributed by atoms with Gasteiger partial charge in [0.05, 0.1) is 5.41 Å². The molecule has 5 atom stereocenters. The van der Waals surface area contributed by atoms with Crippen molar-refractivity contribution in [3.8, 4) is 0 Å². The van der Waals surface area contributed by atoms with E-state index in [0.717, 1.165) is 38.9 Å². The highest BCUT2D eigenvalue weighted by Crippen LogP contribution is 2.49. The molecule has 1 spiro atoms. The lowest BCUT2D eigenvalue weighted by atomic mass is 9.64. The number of nitrogens with zero attached hydrogens (tertiary/aromatic N) is 1. The van der Waals surface area contributed by atoms with Crippen molar-refractivity contribution in [3.05, 3.63) is 59.4 Å². The molecule has 2 heterocycles. The minimum absolute atomic E-state index is 0.0743. The van der Waals surface area contributed by atoms with Crippen molar-refractivity contribution in [1.29, 1.82) is 0 Å². The van der Waals surface area contributed by atoms with E-state index in [9.17, 15) is 14.0 Å². The van der Waals surface area contributed by atoms with Gasteiger partial charge >= 0.3 is 0 Å². The fourth-order valence-corrected chi connectivity index (χ4v) is 7.88. The summed E-state index contributed by atoms with van der Waals surface area (Å²) in [6.45, 7) is 5.29. The molecular formula is C32H42FN3O2. The number of amides is 2. The molecule has 2 aliphatic heterocycles. The summed E-state index contributed by atoms with van der Waals surface area (Å²) in [5.74, 6) is 1.75. The van der Waals surface area contributed by atoms with Gasteiger partial charge in [-0.05, 0) is 105 Å². The Kier molecular flexibility index (Phi) is 7.19. The standard InChI is InChI=1S/C32H42FN3O2/c1-21(35-30(37)28-18-27(28)25-8-4-7-24(17-25)22-5-2-3-6-22)20-36-15-13-32(14-16-36)29(19-34-31(32)38)23-9-11-26(33)12-10-23/h4,7-9,11-12,17,21-23,27-29H,2-3,5-6,10,13-16,18-20H2,1H3,(H,34,38)(H,35,37)/t21-,23?,27-,28?,29+/m0/s1. The summed E-state index contributed by atoms with van der Waals surface area (Å²) >= 11 is 0. The summed E-state index contributed by atoms with van der Waals surface area (Å²) in [5, 5.41) is 6.40. The van der Waals surface area contributed by atoms with Crippen LogP contribution in [-0.4, -0.2) is 48.9 Å². The molecule has 2 saturated heterocycles. The second-order valence-electron chi connectivity index (χ2n) is 12.6. The van der Waals surface area contributed by atoms with Crippen LogP contribution >= 0.6 is 0 Å². The van der Waals surface area contributed by atoms with Crippen LogP contribution in [0, 0.1) is 23.2 Å². The Balaban J connectivity index is 0.988. The second-order valence-corrected chi connectivity index (χ2v) is 12.6. The molecule has 1 aromatic carbocycles. The molecule has 6 heteroatoms. The van der Waals surface area contributed by atoms with Crippen LogP contribution in [0.2, 0.25) is 0 Å². The Morgan fingerprint density at radius 1 is 1.21 bits per heavy atom. The Bertz CT molecular complexity index is 1120. The van der Waals surface area contributed by atoms with E-state index in [1.54, 1.807) is 12.2 Å². The van der Waals surface area contributed by atoms with Gasteiger partial charge in [0.15, 0.2) is 0 Å². The summed E-state index contributed by atoms with van der Waals surface area (Å²) in [6, 6.07) is 9.08. The first-order valence-corrected chi connectivity index (χ1v) is 14.9. The number of rotatable bonds is 7. The summed E-state index contributed by atoms with van der Waals surface area (Å²) < 4.78 is 13.5. The molecule has 0 bridgehead atoms. The number of carbonyl (C=O) groups is 2. The van der Waals surface area contributed by atoms with Crippen LogP contribution in [0.4, 0.5) is 4.39 Å². The molecule has 2 unspecified atom stereocenters. The van der Waals surface area contributed by atoms with E-state index in [2.05, 4.69) is 46.7 Å². The van der Waals surface area contributed by atoms with Gasteiger partial charge in [0, 0.05) is 25.0 Å². The fraction of sp³-hybridized carbons (Fsp3) is 0.625. The van der Waals surface area contributed by atoms with Gasteiger partial charge in [0.2, 0.25) is 11.8 Å². The normalized spacial score (nSPS) is 31.7. The maximum absolute atomic E-state index is 13.5. The topological polar surface area (TPSA) is 61.4 Å². The van der Waals surface area contributed by atoms with Gasteiger partial charge < -0.3 is 15.5 Å². The van der Waals surface area contributed by atoms with E-state index >= 15 is 0 Å². The molecule has 204 valence electrons. The quantitative estimate of drug-likeness (QED) is 0.520. The maximum atomic E-state index is 13.5. The first kappa shape index (κ1) is 25.8. The van der Waals surface area contributed by atoms with Crippen LogP contribution in [-0.2, 0) is 9.59 Å². The first-order chi connectivity index (χ1) is 18.4. The van der Waals surface area contributed by atoms with Gasteiger partial charge in [-0.3, -0.25) is 9.59 Å². The third kappa shape index (κ3) is 5.09. The molecule has 0 aromatic heterocycles. The lowest BCUT2D eigenvalue weighted by Crippen LogP contribution is -2.51. The average molecular weight is 520 g/mol. The van der Waals surface area contributed by atoms with Crippen molar-refractivity contribution in [3.63, 3.8) is 0 Å². The first-order valence-electron chi connectivity index (χ1n) is 14.9. The summed E-state index contributed by atoms with van der Waals surface area (Å²) in [6.07, 6.45) is 13.7. The monoisotopic (exact) mass is 519 g/mol. The SMILES string of the molecule is C[C@@H](CN1CCC2(CC1)C(=O)NC[C@@H]2C1C=CC(F)=CC1)NC(=O)C1C[C@H]1c1cccc(C2CCCC2)c1. The van der Waals surface area contributed by atoms with Crippen LogP contribution in [0.15, 0.2) is 48.3 Å². The Morgan fingerprint density at radius 2 is 1.97 bits per heavy atom. The van der Waals surface area contributed by atoms with E-state index in [1.165, 1.54) is 36.8 Å². The molecule has 5 aliphatic rings. The maximum Gasteiger partial charge on any atom is 0.226 e. The van der Waals surface area contributed by atoms with Crippen molar-refractivity contribution < 1.29 is 14.0 Å². The number of benzene rings is 1. The van der Waals surface area contributed by atoms with Gasteiger partial charge in [0.1, 0.15) is 5.83 Å². The van der Waals surface area contributed by atoms with Crippen LogP contribution in [0.5, 0.6) is 0 Å². The Labute approximate surface area is 226 Å². The molecule has 5 nitrogen and oxygen atoms in total. The molecule has 2 N–H and O–H groups in total. The number of hydrogen-bond acceptors (Lipinski definition) is 3.